The first-order chi connectivity index (χ1) is 11.1. The van der Waals surface area contributed by atoms with Gasteiger partial charge in [0.1, 0.15) is 5.75 Å². The van der Waals surface area contributed by atoms with Crippen LogP contribution in [0.4, 0.5) is 0 Å². The molecule has 0 heterocycles. The third-order valence-electron chi connectivity index (χ3n) is 4.23. The Kier molecular flexibility index (Phi) is 4.20. The maximum absolute atomic E-state index is 5.34. The van der Waals surface area contributed by atoms with Gasteiger partial charge in [0.2, 0.25) is 0 Å². The van der Waals surface area contributed by atoms with Gasteiger partial charge >= 0.3 is 0 Å². The van der Waals surface area contributed by atoms with Gasteiger partial charge in [-0.15, -0.1) is 0 Å². The van der Waals surface area contributed by atoms with Crippen molar-refractivity contribution in [3.05, 3.63) is 77.4 Å². The largest absolute Gasteiger partial charge is 0.497 e. The minimum absolute atomic E-state index is 0.885. The maximum Gasteiger partial charge on any atom is 0.119 e. The second kappa shape index (κ2) is 6.29. The standard InChI is InChI=1S/C22H22O/c1-15-11-16(2)22(17(3)12-15)20-9-5-7-18(13-20)19-8-6-10-21(14-19)23-4/h5-14H,1-4H3. The third-order valence-corrected chi connectivity index (χ3v) is 4.23. The van der Waals surface area contributed by atoms with Crippen molar-refractivity contribution in [1.29, 1.82) is 0 Å². The zero-order valence-corrected chi connectivity index (χ0v) is 14.2. The Labute approximate surface area is 138 Å². The summed E-state index contributed by atoms with van der Waals surface area (Å²) >= 11 is 0. The fourth-order valence-corrected chi connectivity index (χ4v) is 3.29. The maximum atomic E-state index is 5.34. The molecule has 3 aromatic carbocycles. The summed E-state index contributed by atoms with van der Waals surface area (Å²) in [6.45, 7) is 6.53. The van der Waals surface area contributed by atoms with Crippen molar-refractivity contribution in [2.75, 3.05) is 7.11 Å². The average Bonchev–Trinajstić information content (AvgIpc) is 2.54. The van der Waals surface area contributed by atoms with E-state index in [0.717, 1.165) is 5.75 Å². The van der Waals surface area contributed by atoms with E-state index in [4.69, 9.17) is 4.74 Å². The summed E-state index contributed by atoms with van der Waals surface area (Å²) < 4.78 is 5.34. The molecule has 0 aromatic heterocycles. The minimum atomic E-state index is 0.885. The first kappa shape index (κ1) is 15.4. The van der Waals surface area contributed by atoms with Crippen molar-refractivity contribution in [3.63, 3.8) is 0 Å². The van der Waals surface area contributed by atoms with E-state index in [1.54, 1.807) is 7.11 Å². The number of aryl methyl sites for hydroxylation is 3. The van der Waals surface area contributed by atoms with Gasteiger partial charge in [-0.2, -0.15) is 0 Å². The average molecular weight is 302 g/mol. The number of rotatable bonds is 3. The highest BCUT2D eigenvalue weighted by molar-refractivity contribution is 5.77. The molecule has 0 atom stereocenters. The highest BCUT2D eigenvalue weighted by Crippen LogP contribution is 2.32. The van der Waals surface area contributed by atoms with Crippen molar-refractivity contribution in [3.8, 4) is 28.0 Å². The molecule has 0 unspecified atom stereocenters. The monoisotopic (exact) mass is 302 g/mol. The molecule has 0 saturated heterocycles. The van der Waals surface area contributed by atoms with Gasteiger partial charge in [-0.25, -0.2) is 0 Å². The molecular formula is C22H22O. The summed E-state index contributed by atoms with van der Waals surface area (Å²) in [4.78, 5) is 0. The molecule has 0 radical (unpaired) electrons. The summed E-state index contributed by atoms with van der Waals surface area (Å²) in [5.74, 6) is 0.885. The van der Waals surface area contributed by atoms with E-state index >= 15 is 0 Å². The van der Waals surface area contributed by atoms with Gasteiger partial charge in [0, 0.05) is 0 Å². The molecule has 116 valence electrons. The van der Waals surface area contributed by atoms with E-state index in [0.29, 0.717) is 0 Å². The predicted molar refractivity (Wildman–Crippen MR) is 98.1 cm³/mol. The molecule has 23 heavy (non-hydrogen) atoms. The van der Waals surface area contributed by atoms with Crippen LogP contribution in [0, 0.1) is 20.8 Å². The Morgan fingerprint density at radius 2 is 1.22 bits per heavy atom. The van der Waals surface area contributed by atoms with Gasteiger partial charge in [0.25, 0.3) is 0 Å². The molecule has 1 heteroatoms. The van der Waals surface area contributed by atoms with Gasteiger partial charge in [-0.05, 0) is 72.4 Å². The fraction of sp³-hybridized carbons (Fsp3) is 0.182. The second-order valence-electron chi connectivity index (χ2n) is 6.09. The van der Waals surface area contributed by atoms with E-state index in [9.17, 15) is 0 Å². The van der Waals surface area contributed by atoms with Gasteiger partial charge < -0.3 is 4.74 Å². The molecule has 3 aromatic rings. The zero-order chi connectivity index (χ0) is 16.4. The van der Waals surface area contributed by atoms with E-state index < -0.39 is 0 Å². The van der Waals surface area contributed by atoms with Crippen LogP contribution in [0.5, 0.6) is 5.75 Å². The van der Waals surface area contributed by atoms with Crippen LogP contribution >= 0.6 is 0 Å². The number of benzene rings is 3. The van der Waals surface area contributed by atoms with E-state index in [2.05, 4.69) is 69.3 Å². The number of hydrogen-bond acceptors (Lipinski definition) is 1. The lowest BCUT2D eigenvalue weighted by Gasteiger charge is -2.13. The lowest BCUT2D eigenvalue weighted by Crippen LogP contribution is -1.91. The Morgan fingerprint density at radius 3 is 1.87 bits per heavy atom. The van der Waals surface area contributed by atoms with E-state index in [-0.39, 0.29) is 0 Å². The molecule has 0 spiro atoms. The van der Waals surface area contributed by atoms with Gasteiger partial charge in [0.15, 0.2) is 0 Å². The Bertz CT molecular complexity index is 823. The molecule has 0 fully saturated rings. The molecule has 0 amide bonds. The molecule has 3 rings (SSSR count). The van der Waals surface area contributed by atoms with Crippen molar-refractivity contribution in [2.45, 2.75) is 20.8 Å². The van der Waals surface area contributed by atoms with Gasteiger partial charge in [0.05, 0.1) is 7.11 Å². The van der Waals surface area contributed by atoms with Crippen LogP contribution in [0.15, 0.2) is 60.7 Å². The topological polar surface area (TPSA) is 9.23 Å². The quantitative estimate of drug-likeness (QED) is 0.580. The SMILES string of the molecule is COc1cccc(-c2cccc(-c3c(C)cc(C)cc3C)c2)c1. The molecule has 0 bridgehead atoms. The first-order valence-corrected chi connectivity index (χ1v) is 7.91. The summed E-state index contributed by atoms with van der Waals surface area (Å²) in [5.41, 5.74) is 8.94. The summed E-state index contributed by atoms with van der Waals surface area (Å²) in [7, 11) is 1.70. The van der Waals surface area contributed by atoms with Crippen molar-refractivity contribution in [2.24, 2.45) is 0 Å². The molecular weight excluding hydrogens is 280 g/mol. The van der Waals surface area contributed by atoms with Crippen LogP contribution in [0.1, 0.15) is 16.7 Å². The van der Waals surface area contributed by atoms with Crippen LogP contribution in [0.25, 0.3) is 22.3 Å². The Balaban J connectivity index is 2.10. The number of hydrogen-bond donors (Lipinski definition) is 0. The number of ether oxygens (including phenoxy) is 1. The summed E-state index contributed by atoms with van der Waals surface area (Å²) in [5, 5.41) is 0. The van der Waals surface area contributed by atoms with Crippen LogP contribution in [-0.4, -0.2) is 7.11 Å². The highest BCUT2D eigenvalue weighted by Gasteiger charge is 2.08. The first-order valence-electron chi connectivity index (χ1n) is 7.91. The molecule has 0 aliphatic carbocycles. The fourth-order valence-electron chi connectivity index (χ4n) is 3.29. The Hall–Kier alpha value is -2.54. The van der Waals surface area contributed by atoms with Crippen LogP contribution in [-0.2, 0) is 0 Å². The highest BCUT2D eigenvalue weighted by atomic mass is 16.5. The van der Waals surface area contributed by atoms with Crippen LogP contribution < -0.4 is 4.74 Å². The molecule has 0 N–H and O–H groups in total. The number of methoxy groups -OCH3 is 1. The summed E-state index contributed by atoms with van der Waals surface area (Å²) in [6, 6.07) is 21.4. The molecule has 0 aliphatic rings. The van der Waals surface area contributed by atoms with Gasteiger partial charge in [-0.3, -0.25) is 0 Å². The molecule has 0 aliphatic heterocycles. The Morgan fingerprint density at radius 1 is 0.652 bits per heavy atom. The van der Waals surface area contributed by atoms with E-state index in [1.807, 2.05) is 12.1 Å². The van der Waals surface area contributed by atoms with Crippen molar-refractivity contribution < 1.29 is 4.74 Å². The minimum Gasteiger partial charge on any atom is -0.497 e. The lowest BCUT2D eigenvalue weighted by atomic mass is 9.92. The van der Waals surface area contributed by atoms with Crippen molar-refractivity contribution >= 4 is 0 Å². The second-order valence-corrected chi connectivity index (χ2v) is 6.09. The predicted octanol–water partition coefficient (Wildman–Crippen LogP) is 5.95. The van der Waals surface area contributed by atoms with Gasteiger partial charge in [-0.1, -0.05) is 48.0 Å². The van der Waals surface area contributed by atoms with Crippen LogP contribution in [0.2, 0.25) is 0 Å². The summed E-state index contributed by atoms with van der Waals surface area (Å²) in [6.07, 6.45) is 0. The molecule has 1 nitrogen and oxygen atoms in total. The molecule has 0 saturated carbocycles. The van der Waals surface area contributed by atoms with Crippen molar-refractivity contribution in [1.82, 2.24) is 0 Å². The lowest BCUT2D eigenvalue weighted by molar-refractivity contribution is 0.415. The van der Waals surface area contributed by atoms with E-state index in [1.165, 1.54) is 38.9 Å². The zero-order valence-electron chi connectivity index (χ0n) is 14.2. The third kappa shape index (κ3) is 3.14. The smallest absolute Gasteiger partial charge is 0.119 e. The normalized spacial score (nSPS) is 10.6. The van der Waals surface area contributed by atoms with Crippen LogP contribution in [0.3, 0.4) is 0 Å².